The van der Waals surface area contributed by atoms with Crippen molar-refractivity contribution in [2.24, 2.45) is 5.92 Å². The van der Waals surface area contributed by atoms with E-state index in [-0.39, 0.29) is 5.91 Å². The van der Waals surface area contributed by atoms with E-state index >= 15 is 0 Å². The van der Waals surface area contributed by atoms with Crippen molar-refractivity contribution in [2.75, 3.05) is 13.1 Å². The maximum absolute atomic E-state index is 11.3. The van der Waals surface area contributed by atoms with Crippen LogP contribution in [0.4, 0.5) is 13.2 Å². The Morgan fingerprint density at radius 1 is 1.13 bits per heavy atom. The van der Waals surface area contributed by atoms with Crippen molar-refractivity contribution in [1.29, 1.82) is 0 Å². The number of nitrogens with zero attached hydrogens (tertiary/aromatic N) is 1. The molecule has 0 heterocycles. The number of hydrogen-bond acceptors (Lipinski definition) is 1. The molecule has 92 valence electrons. The Balaban J connectivity index is 0. The van der Waals surface area contributed by atoms with Crippen molar-refractivity contribution in [3.05, 3.63) is 0 Å². The minimum atomic E-state index is -3.67. The molecule has 0 N–H and O–H groups in total. The third-order valence-corrected chi connectivity index (χ3v) is 1.70. The van der Waals surface area contributed by atoms with Gasteiger partial charge in [-0.2, -0.15) is 13.2 Å². The topological polar surface area (TPSA) is 20.3 Å². The first-order valence-corrected chi connectivity index (χ1v) is 5.05. The van der Waals surface area contributed by atoms with Crippen LogP contribution in [0.1, 0.15) is 34.1 Å². The number of amides is 1. The Kier molecular flexibility index (Phi) is 10.9. The van der Waals surface area contributed by atoms with Crippen LogP contribution >= 0.6 is 0 Å². The zero-order valence-electron chi connectivity index (χ0n) is 9.77. The molecule has 1 amide bonds. The summed E-state index contributed by atoms with van der Waals surface area (Å²) in [6.07, 6.45) is 0.682. The molecule has 0 unspecified atom stereocenters. The number of rotatable bonds is 4. The molecule has 5 heteroatoms. The van der Waals surface area contributed by atoms with Gasteiger partial charge in [0.05, 0.1) is 0 Å². The first-order valence-electron chi connectivity index (χ1n) is 5.05. The summed E-state index contributed by atoms with van der Waals surface area (Å²) in [5.41, 5.74) is 0. The molecule has 0 spiro atoms. The summed E-state index contributed by atoms with van der Waals surface area (Å²) in [7, 11) is 0. The molecule has 0 radical (unpaired) electrons. The molecule has 15 heavy (non-hydrogen) atoms. The Labute approximate surface area is 89.4 Å². The van der Waals surface area contributed by atoms with Crippen LogP contribution in [0.2, 0.25) is 0 Å². The molecule has 0 aliphatic carbocycles. The van der Waals surface area contributed by atoms with E-state index in [4.69, 9.17) is 0 Å². The molecular formula is C10H20F3NO. The number of carbonyl (C=O) groups is 1. The second-order valence-corrected chi connectivity index (χ2v) is 3.41. The summed E-state index contributed by atoms with van der Waals surface area (Å²) >= 11 is 0. The SMILES string of the molecule is CCN(CC)C(=O)CC(C)C.FC(F)F. The standard InChI is InChI=1S/C9H19NO.CHF3/c1-5-10(6-2)9(11)7-8(3)4;2-1(3)4/h8H,5-7H2,1-4H3;1H. The zero-order chi connectivity index (χ0) is 12.4. The summed E-state index contributed by atoms with van der Waals surface area (Å²) in [5, 5.41) is 0. The summed E-state index contributed by atoms with van der Waals surface area (Å²) in [6.45, 7) is 6.18. The van der Waals surface area contributed by atoms with Crippen molar-refractivity contribution in [2.45, 2.75) is 40.8 Å². The Bertz CT molecular complexity index is 156. The molecule has 0 aromatic rings. The van der Waals surface area contributed by atoms with Crippen LogP contribution in [0, 0.1) is 5.92 Å². The first-order chi connectivity index (χ1) is 6.84. The van der Waals surface area contributed by atoms with Crippen LogP contribution in [-0.4, -0.2) is 30.6 Å². The summed E-state index contributed by atoms with van der Waals surface area (Å²) < 4.78 is 29.0. The van der Waals surface area contributed by atoms with Crippen molar-refractivity contribution >= 4 is 5.91 Å². The van der Waals surface area contributed by atoms with Gasteiger partial charge in [-0.25, -0.2) is 0 Å². The molecule has 0 atom stereocenters. The lowest BCUT2D eigenvalue weighted by Crippen LogP contribution is -2.31. The molecular weight excluding hydrogens is 207 g/mol. The van der Waals surface area contributed by atoms with Crippen LogP contribution in [0.3, 0.4) is 0 Å². The van der Waals surface area contributed by atoms with E-state index in [0.717, 1.165) is 13.1 Å². The van der Waals surface area contributed by atoms with Crippen LogP contribution in [0.15, 0.2) is 0 Å². The normalized spacial score (nSPS) is 9.93. The third-order valence-electron chi connectivity index (χ3n) is 1.70. The molecule has 0 fully saturated rings. The molecule has 0 bridgehead atoms. The van der Waals surface area contributed by atoms with Gasteiger partial charge in [0.1, 0.15) is 0 Å². The van der Waals surface area contributed by atoms with Crippen LogP contribution in [0.5, 0.6) is 0 Å². The Hall–Kier alpha value is -0.740. The average molecular weight is 227 g/mol. The summed E-state index contributed by atoms with van der Waals surface area (Å²) in [6, 6.07) is 0. The summed E-state index contributed by atoms with van der Waals surface area (Å²) in [5.74, 6) is 0.758. The molecule has 0 aliphatic heterocycles. The van der Waals surface area contributed by atoms with Crippen molar-refractivity contribution in [3.63, 3.8) is 0 Å². The predicted octanol–water partition coefficient (Wildman–Crippen LogP) is 3.08. The monoisotopic (exact) mass is 227 g/mol. The van der Waals surface area contributed by atoms with Gasteiger partial charge < -0.3 is 4.90 Å². The maximum Gasteiger partial charge on any atom is 0.379 e. The molecule has 0 saturated carbocycles. The molecule has 2 nitrogen and oxygen atoms in total. The maximum atomic E-state index is 11.3. The van der Waals surface area contributed by atoms with Crippen molar-refractivity contribution in [1.82, 2.24) is 4.90 Å². The van der Waals surface area contributed by atoms with E-state index in [1.807, 2.05) is 18.7 Å². The largest absolute Gasteiger partial charge is 0.379 e. The highest BCUT2D eigenvalue weighted by atomic mass is 19.4. The quantitative estimate of drug-likeness (QED) is 0.722. The lowest BCUT2D eigenvalue weighted by Gasteiger charge is -2.19. The fourth-order valence-corrected chi connectivity index (χ4v) is 1.05. The van der Waals surface area contributed by atoms with Gasteiger partial charge in [-0.15, -0.1) is 0 Å². The van der Waals surface area contributed by atoms with E-state index in [9.17, 15) is 18.0 Å². The highest BCUT2D eigenvalue weighted by Gasteiger charge is 2.10. The van der Waals surface area contributed by atoms with Crippen LogP contribution in [-0.2, 0) is 4.79 Å². The number of carbonyl (C=O) groups excluding carboxylic acids is 1. The number of hydrogen-bond donors (Lipinski definition) is 0. The van der Waals surface area contributed by atoms with E-state index in [0.29, 0.717) is 12.3 Å². The van der Waals surface area contributed by atoms with Gasteiger partial charge in [-0.3, -0.25) is 4.79 Å². The van der Waals surface area contributed by atoms with E-state index in [1.54, 1.807) is 0 Å². The third kappa shape index (κ3) is 13.3. The highest BCUT2D eigenvalue weighted by Crippen LogP contribution is 2.03. The molecule has 0 aliphatic rings. The van der Waals surface area contributed by atoms with Crippen LogP contribution < -0.4 is 0 Å². The molecule has 0 aromatic heterocycles. The van der Waals surface area contributed by atoms with Crippen LogP contribution in [0.25, 0.3) is 0 Å². The first kappa shape index (κ1) is 16.7. The molecule has 0 saturated heterocycles. The minimum absolute atomic E-state index is 0.282. The van der Waals surface area contributed by atoms with E-state index in [1.165, 1.54) is 0 Å². The lowest BCUT2D eigenvalue weighted by atomic mass is 10.1. The van der Waals surface area contributed by atoms with Gasteiger partial charge in [0.15, 0.2) is 0 Å². The fraction of sp³-hybridized carbons (Fsp3) is 0.900. The number of alkyl halides is 3. The minimum Gasteiger partial charge on any atom is -0.343 e. The Morgan fingerprint density at radius 3 is 1.67 bits per heavy atom. The number of halogens is 3. The van der Waals surface area contributed by atoms with Crippen molar-refractivity contribution < 1.29 is 18.0 Å². The smallest absolute Gasteiger partial charge is 0.343 e. The lowest BCUT2D eigenvalue weighted by molar-refractivity contribution is -0.131. The van der Waals surface area contributed by atoms with Gasteiger partial charge in [0.25, 0.3) is 0 Å². The Morgan fingerprint density at radius 2 is 1.47 bits per heavy atom. The van der Waals surface area contributed by atoms with Gasteiger partial charge >= 0.3 is 6.68 Å². The molecule has 0 rings (SSSR count). The van der Waals surface area contributed by atoms with Gasteiger partial charge in [0.2, 0.25) is 5.91 Å². The van der Waals surface area contributed by atoms with E-state index in [2.05, 4.69) is 13.8 Å². The average Bonchev–Trinajstić information content (AvgIpc) is 2.03. The van der Waals surface area contributed by atoms with Crippen molar-refractivity contribution in [3.8, 4) is 0 Å². The predicted molar refractivity (Wildman–Crippen MR) is 54.5 cm³/mol. The fourth-order valence-electron chi connectivity index (χ4n) is 1.05. The second kappa shape index (κ2) is 9.80. The van der Waals surface area contributed by atoms with Gasteiger partial charge in [-0.05, 0) is 19.8 Å². The molecule has 0 aromatic carbocycles. The second-order valence-electron chi connectivity index (χ2n) is 3.41. The highest BCUT2D eigenvalue weighted by molar-refractivity contribution is 5.76. The van der Waals surface area contributed by atoms with E-state index < -0.39 is 6.68 Å². The van der Waals surface area contributed by atoms with Gasteiger partial charge in [0, 0.05) is 19.5 Å². The summed E-state index contributed by atoms with van der Waals surface area (Å²) in [4.78, 5) is 13.2. The zero-order valence-corrected chi connectivity index (χ0v) is 9.77. The van der Waals surface area contributed by atoms with Gasteiger partial charge in [-0.1, -0.05) is 13.8 Å².